The first-order valence-corrected chi connectivity index (χ1v) is 10.9. The van der Waals surface area contributed by atoms with Crippen molar-refractivity contribution < 1.29 is 14.4 Å². The Hall–Kier alpha value is -3.19. The maximum Gasteiger partial charge on any atom is 0.310 e. The third-order valence-corrected chi connectivity index (χ3v) is 6.12. The SMILES string of the molecule is CCN1CCC[C@H]1CNC(=O)C(=O)N[C@@H]1C(=O)N(Cc2ccccc2)c2ccccc21. The Bertz CT molecular complexity index is 962. The predicted molar refractivity (Wildman–Crippen MR) is 118 cm³/mol. The van der Waals surface area contributed by atoms with Crippen LogP contribution < -0.4 is 15.5 Å². The van der Waals surface area contributed by atoms with E-state index in [4.69, 9.17) is 0 Å². The molecule has 31 heavy (non-hydrogen) atoms. The summed E-state index contributed by atoms with van der Waals surface area (Å²) in [7, 11) is 0. The van der Waals surface area contributed by atoms with Crippen LogP contribution in [0.4, 0.5) is 5.69 Å². The standard InChI is InChI=1S/C24H28N4O3/c1-2-27-14-8-11-18(27)15-25-22(29)23(30)26-21-19-12-6-7-13-20(19)28(24(21)31)16-17-9-4-3-5-10-17/h3-7,9-10,12-13,18,21H,2,8,11,14-16H2,1H3,(H,25,29)(H,26,30)/t18-,21-/m0/s1. The van der Waals surface area contributed by atoms with Crippen LogP contribution in [0.25, 0.3) is 0 Å². The lowest BCUT2D eigenvalue weighted by molar-refractivity contribution is -0.140. The number of fused-ring (bicyclic) bond motifs is 1. The first-order chi connectivity index (χ1) is 15.1. The molecule has 7 heteroatoms. The van der Waals surface area contributed by atoms with E-state index >= 15 is 0 Å². The first-order valence-electron chi connectivity index (χ1n) is 10.9. The lowest BCUT2D eigenvalue weighted by Crippen LogP contribution is -2.47. The fraction of sp³-hybridized carbons (Fsp3) is 0.375. The molecule has 2 N–H and O–H groups in total. The van der Waals surface area contributed by atoms with Crippen LogP contribution in [0.2, 0.25) is 0 Å². The number of carbonyl (C=O) groups is 3. The van der Waals surface area contributed by atoms with E-state index in [2.05, 4.69) is 22.5 Å². The Morgan fingerprint density at radius 2 is 1.77 bits per heavy atom. The quantitative estimate of drug-likeness (QED) is 0.701. The van der Waals surface area contributed by atoms with E-state index in [1.54, 1.807) is 4.90 Å². The highest BCUT2D eigenvalue weighted by molar-refractivity contribution is 6.35. The van der Waals surface area contributed by atoms with Crippen molar-refractivity contribution >= 4 is 23.4 Å². The van der Waals surface area contributed by atoms with Crippen molar-refractivity contribution in [1.29, 1.82) is 0 Å². The van der Waals surface area contributed by atoms with E-state index < -0.39 is 17.9 Å². The van der Waals surface area contributed by atoms with Crippen LogP contribution in [0, 0.1) is 0 Å². The van der Waals surface area contributed by atoms with Crippen molar-refractivity contribution in [2.75, 3.05) is 24.5 Å². The number of carbonyl (C=O) groups excluding carboxylic acids is 3. The molecule has 0 unspecified atom stereocenters. The number of nitrogens with zero attached hydrogens (tertiary/aromatic N) is 2. The molecule has 2 atom stereocenters. The van der Waals surface area contributed by atoms with E-state index in [1.807, 2.05) is 54.6 Å². The smallest absolute Gasteiger partial charge is 0.310 e. The molecule has 0 aromatic heterocycles. The molecule has 0 saturated carbocycles. The summed E-state index contributed by atoms with van der Waals surface area (Å²) in [4.78, 5) is 42.1. The molecule has 0 bridgehead atoms. The number of benzene rings is 2. The monoisotopic (exact) mass is 420 g/mol. The fourth-order valence-electron chi connectivity index (χ4n) is 4.48. The van der Waals surface area contributed by atoms with E-state index in [0.717, 1.165) is 37.2 Å². The van der Waals surface area contributed by atoms with Gasteiger partial charge in [-0.05, 0) is 37.6 Å². The van der Waals surface area contributed by atoms with Gasteiger partial charge in [0.2, 0.25) is 0 Å². The molecule has 0 radical (unpaired) electrons. The van der Waals surface area contributed by atoms with Gasteiger partial charge in [0.05, 0.1) is 6.54 Å². The van der Waals surface area contributed by atoms with Gasteiger partial charge in [0, 0.05) is 23.8 Å². The summed E-state index contributed by atoms with van der Waals surface area (Å²) >= 11 is 0. The second kappa shape index (κ2) is 9.31. The molecular weight excluding hydrogens is 392 g/mol. The van der Waals surface area contributed by atoms with Crippen LogP contribution in [0.3, 0.4) is 0 Å². The average Bonchev–Trinajstić information content (AvgIpc) is 3.36. The number of likely N-dealkylation sites (tertiary alicyclic amines) is 1. The van der Waals surface area contributed by atoms with Gasteiger partial charge in [-0.15, -0.1) is 0 Å². The van der Waals surface area contributed by atoms with Crippen LogP contribution in [0.5, 0.6) is 0 Å². The van der Waals surface area contributed by atoms with Crippen LogP contribution in [-0.2, 0) is 20.9 Å². The number of amides is 3. The third kappa shape index (κ3) is 4.46. The van der Waals surface area contributed by atoms with E-state index in [-0.39, 0.29) is 11.9 Å². The van der Waals surface area contributed by atoms with Gasteiger partial charge < -0.3 is 15.5 Å². The fourth-order valence-corrected chi connectivity index (χ4v) is 4.48. The van der Waals surface area contributed by atoms with E-state index in [1.165, 1.54) is 0 Å². The normalized spacial score (nSPS) is 20.5. The summed E-state index contributed by atoms with van der Waals surface area (Å²) in [6.45, 7) is 4.89. The second-order valence-electron chi connectivity index (χ2n) is 8.01. The van der Waals surface area contributed by atoms with Gasteiger partial charge in [-0.1, -0.05) is 55.5 Å². The number of likely N-dealkylation sites (N-methyl/N-ethyl adjacent to an activating group) is 1. The molecule has 1 fully saturated rings. The highest BCUT2D eigenvalue weighted by Crippen LogP contribution is 2.36. The summed E-state index contributed by atoms with van der Waals surface area (Å²) in [6, 6.07) is 16.5. The predicted octanol–water partition coefficient (Wildman–Crippen LogP) is 1.99. The summed E-state index contributed by atoms with van der Waals surface area (Å²) in [5, 5.41) is 5.38. The minimum absolute atomic E-state index is 0.237. The number of nitrogens with one attached hydrogen (secondary N) is 2. The minimum atomic E-state index is -0.864. The Morgan fingerprint density at radius 1 is 1.03 bits per heavy atom. The van der Waals surface area contributed by atoms with Crippen LogP contribution in [-0.4, -0.2) is 48.3 Å². The van der Waals surface area contributed by atoms with Crippen molar-refractivity contribution in [2.24, 2.45) is 0 Å². The largest absolute Gasteiger partial charge is 0.346 e. The molecule has 4 rings (SSSR count). The zero-order valence-corrected chi connectivity index (χ0v) is 17.7. The van der Waals surface area contributed by atoms with Gasteiger partial charge in [-0.25, -0.2) is 0 Å². The lowest BCUT2D eigenvalue weighted by Gasteiger charge is -2.23. The number of para-hydroxylation sites is 1. The van der Waals surface area contributed by atoms with Gasteiger partial charge in [0.25, 0.3) is 5.91 Å². The molecule has 0 aliphatic carbocycles. The Morgan fingerprint density at radius 3 is 2.55 bits per heavy atom. The van der Waals surface area contributed by atoms with Crippen LogP contribution in [0.1, 0.15) is 36.9 Å². The third-order valence-electron chi connectivity index (χ3n) is 6.12. The molecule has 162 valence electrons. The van der Waals surface area contributed by atoms with Gasteiger partial charge in [-0.2, -0.15) is 0 Å². The van der Waals surface area contributed by atoms with Crippen molar-refractivity contribution in [3.63, 3.8) is 0 Å². The van der Waals surface area contributed by atoms with Gasteiger partial charge in [0.1, 0.15) is 6.04 Å². The van der Waals surface area contributed by atoms with Crippen LogP contribution >= 0.6 is 0 Å². The van der Waals surface area contributed by atoms with Gasteiger partial charge in [0.15, 0.2) is 0 Å². The maximum absolute atomic E-state index is 13.1. The highest BCUT2D eigenvalue weighted by atomic mass is 16.2. The zero-order valence-electron chi connectivity index (χ0n) is 17.7. The number of anilines is 1. The molecular formula is C24H28N4O3. The van der Waals surface area contributed by atoms with Crippen molar-refractivity contribution in [2.45, 2.75) is 38.4 Å². The zero-order chi connectivity index (χ0) is 21.8. The van der Waals surface area contributed by atoms with E-state index in [0.29, 0.717) is 18.7 Å². The Kier molecular flexibility index (Phi) is 6.32. The molecule has 2 aliphatic rings. The summed E-state index contributed by atoms with van der Waals surface area (Å²) in [5.74, 6) is -1.72. The molecule has 2 aromatic rings. The second-order valence-corrected chi connectivity index (χ2v) is 8.01. The topological polar surface area (TPSA) is 81.8 Å². The summed E-state index contributed by atoms with van der Waals surface area (Å²) in [5.41, 5.74) is 2.46. The van der Waals surface area contributed by atoms with E-state index in [9.17, 15) is 14.4 Å². The number of rotatable bonds is 6. The Balaban J connectivity index is 1.42. The molecule has 2 aromatic carbocycles. The van der Waals surface area contributed by atoms with Gasteiger partial charge >= 0.3 is 11.8 Å². The van der Waals surface area contributed by atoms with Crippen LogP contribution in [0.15, 0.2) is 54.6 Å². The van der Waals surface area contributed by atoms with Gasteiger partial charge in [-0.3, -0.25) is 19.3 Å². The highest BCUT2D eigenvalue weighted by Gasteiger charge is 2.39. The number of hydrogen-bond acceptors (Lipinski definition) is 4. The maximum atomic E-state index is 13.1. The molecule has 1 saturated heterocycles. The molecule has 3 amide bonds. The summed E-state index contributed by atoms with van der Waals surface area (Å²) < 4.78 is 0. The minimum Gasteiger partial charge on any atom is -0.346 e. The molecule has 0 spiro atoms. The van der Waals surface area contributed by atoms with Crippen molar-refractivity contribution in [3.05, 3.63) is 65.7 Å². The van der Waals surface area contributed by atoms with Crippen molar-refractivity contribution in [3.8, 4) is 0 Å². The average molecular weight is 421 g/mol. The molecule has 2 heterocycles. The Labute approximate surface area is 182 Å². The summed E-state index contributed by atoms with van der Waals surface area (Å²) in [6.07, 6.45) is 2.11. The number of hydrogen-bond donors (Lipinski definition) is 2. The lowest BCUT2D eigenvalue weighted by atomic mass is 10.1. The molecule has 7 nitrogen and oxygen atoms in total. The molecule has 2 aliphatic heterocycles. The first kappa shape index (κ1) is 21.1. The van der Waals surface area contributed by atoms with Crippen molar-refractivity contribution in [1.82, 2.24) is 15.5 Å².